The highest BCUT2D eigenvalue weighted by molar-refractivity contribution is 9.10. The second-order valence-electron chi connectivity index (χ2n) is 5.28. The Bertz CT molecular complexity index is 532. The van der Waals surface area contributed by atoms with Crippen molar-refractivity contribution in [3.05, 3.63) is 27.7 Å². The summed E-state index contributed by atoms with van der Waals surface area (Å²) in [5.41, 5.74) is 1.84. The molecule has 4 nitrogen and oxygen atoms in total. The number of aliphatic hydroxyl groups excluding tert-OH is 1. The maximum absolute atomic E-state index is 10.1. The standard InChI is InChI=1S/C14H15BrO4/c1-2-17-14(16)8-4-6(15)3-7-11-9(18-12(7)8)5-10-13(11)19-10/h3-4,9-11,13-14,16H,2,5H2,1H3/t9?,10-,11?,13-,14?/m1/s1. The highest BCUT2D eigenvalue weighted by Crippen LogP contribution is 2.57. The van der Waals surface area contributed by atoms with Crippen molar-refractivity contribution in [1.29, 1.82) is 0 Å². The molecule has 0 aromatic heterocycles. The molecule has 0 bridgehead atoms. The summed E-state index contributed by atoms with van der Waals surface area (Å²) in [6.07, 6.45) is 0.887. The zero-order valence-electron chi connectivity index (χ0n) is 10.5. The summed E-state index contributed by atoms with van der Waals surface area (Å²) in [6.45, 7) is 2.32. The summed E-state index contributed by atoms with van der Waals surface area (Å²) in [5, 5.41) is 10.1. The highest BCUT2D eigenvalue weighted by atomic mass is 79.9. The number of hydrogen-bond donors (Lipinski definition) is 1. The van der Waals surface area contributed by atoms with Crippen molar-refractivity contribution >= 4 is 15.9 Å². The molecule has 1 N–H and O–H groups in total. The van der Waals surface area contributed by atoms with Gasteiger partial charge in [0.2, 0.25) is 0 Å². The highest BCUT2D eigenvalue weighted by Gasteiger charge is 2.60. The van der Waals surface area contributed by atoms with Crippen LogP contribution >= 0.6 is 15.9 Å². The van der Waals surface area contributed by atoms with Gasteiger partial charge >= 0.3 is 0 Å². The molecule has 3 aliphatic rings. The van der Waals surface area contributed by atoms with Gasteiger partial charge in [0, 0.05) is 23.1 Å². The van der Waals surface area contributed by atoms with Gasteiger partial charge in [0.05, 0.1) is 23.7 Å². The molecular weight excluding hydrogens is 312 g/mol. The number of epoxide rings is 1. The Balaban J connectivity index is 1.77. The van der Waals surface area contributed by atoms with Crippen LogP contribution in [0.1, 0.15) is 36.7 Å². The molecule has 5 heteroatoms. The van der Waals surface area contributed by atoms with Crippen LogP contribution in [0.5, 0.6) is 5.75 Å². The summed E-state index contributed by atoms with van der Waals surface area (Å²) in [7, 11) is 0. The van der Waals surface area contributed by atoms with Gasteiger partial charge in [-0.05, 0) is 19.1 Å². The molecule has 1 aromatic carbocycles. The third-order valence-corrected chi connectivity index (χ3v) is 4.63. The molecule has 0 radical (unpaired) electrons. The van der Waals surface area contributed by atoms with Gasteiger partial charge in [-0.2, -0.15) is 0 Å². The molecule has 4 rings (SSSR count). The summed E-state index contributed by atoms with van der Waals surface area (Å²) in [5.74, 6) is 1.10. The lowest BCUT2D eigenvalue weighted by atomic mass is 9.95. The molecule has 102 valence electrons. The van der Waals surface area contributed by atoms with Crippen LogP contribution in [-0.4, -0.2) is 30.0 Å². The monoisotopic (exact) mass is 326 g/mol. The predicted molar refractivity (Wildman–Crippen MR) is 71.2 cm³/mol. The smallest absolute Gasteiger partial charge is 0.184 e. The molecule has 19 heavy (non-hydrogen) atoms. The molecular formula is C14H15BrO4. The number of benzene rings is 1. The van der Waals surface area contributed by atoms with Gasteiger partial charge in [-0.15, -0.1) is 0 Å². The third kappa shape index (κ3) is 1.76. The molecule has 0 amide bonds. The van der Waals surface area contributed by atoms with E-state index in [1.807, 2.05) is 13.0 Å². The molecule has 2 fully saturated rings. The Labute approximate surface area is 119 Å². The molecule has 1 saturated carbocycles. The first-order valence-electron chi connectivity index (χ1n) is 6.64. The van der Waals surface area contributed by atoms with Crippen LogP contribution in [0.2, 0.25) is 0 Å². The number of rotatable bonds is 3. The van der Waals surface area contributed by atoms with Crippen molar-refractivity contribution in [2.45, 2.75) is 43.9 Å². The van der Waals surface area contributed by atoms with E-state index in [0.717, 1.165) is 22.2 Å². The van der Waals surface area contributed by atoms with E-state index in [2.05, 4.69) is 22.0 Å². The summed E-state index contributed by atoms with van der Waals surface area (Å²) in [4.78, 5) is 0. The fourth-order valence-corrected chi connectivity index (χ4v) is 3.84. The minimum absolute atomic E-state index is 0.195. The van der Waals surface area contributed by atoms with Crippen LogP contribution in [0.15, 0.2) is 16.6 Å². The Kier molecular flexibility index (Phi) is 2.68. The van der Waals surface area contributed by atoms with Crippen LogP contribution in [0, 0.1) is 0 Å². The molecule has 5 atom stereocenters. The number of ether oxygens (including phenoxy) is 3. The van der Waals surface area contributed by atoms with Crippen molar-refractivity contribution in [3.63, 3.8) is 0 Å². The van der Waals surface area contributed by atoms with Crippen molar-refractivity contribution in [3.8, 4) is 5.75 Å². The molecule has 0 spiro atoms. The molecule has 1 saturated heterocycles. The Morgan fingerprint density at radius 1 is 1.47 bits per heavy atom. The van der Waals surface area contributed by atoms with Crippen molar-refractivity contribution in [2.75, 3.05) is 6.61 Å². The maximum Gasteiger partial charge on any atom is 0.184 e. The lowest BCUT2D eigenvalue weighted by molar-refractivity contribution is -0.0992. The van der Waals surface area contributed by atoms with Crippen molar-refractivity contribution < 1.29 is 19.3 Å². The Morgan fingerprint density at radius 3 is 3.11 bits per heavy atom. The van der Waals surface area contributed by atoms with Crippen LogP contribution in [0.4, 0.5) is 0 Å². The van der Waals surface area contributed by atoms with E-state index in [9.17, 15) is 5.11 Å². The fraction of sp³-hybridized carbons (Fsp3) is 0.571. The average Bonchev–Trinajstić information content (AvgIpc) is 2.89. The van der Waals surface area contributed by atoms with Crippen LogP contribution in [0.3, 0.4) is 0 Å². The van der Waals surface area contributed by atoms with Gasteiger partial charge in [0.25, 0.3) is 0 Å². The number of fused-ring (bicyclic) bond motifs is 5. The molecule has 1 aliphatic carbocycles. The Hall–Kier alpha value is -0.620. The minimum Gasteiger partial charge on any atom is -0.489 e. The summed E-state index contributed by atoms with van der Waals surface area (Å²) >= 11 is 3.50. The van der Waals surface area contributed by atoms with E-state index in [-0.39, 0.29) is 6.10 Å². The van der Waals surface area contributed by atoms with Gasteiger partial charge in [0.15, 0.2) is 6.29 Å². The predicted octanol–water partition coefficient (Wildman–Crippen LogP) is 2.49. The quantitative estimate of drug-likeness (QED) is 0.685. The zero-order chi connectivity index (χ0) is 13.1. The molecule has 3 unspecified atom stereocenters. The topological polar surface area (TPSA) is 51.2 Å². The van der Waals surface area contributed by atoms with Gasteiger partial charge in [-0.1, -0.05) is 15.9 Å². The van der Waals surface area contributed by atoms with Gasteiger partial charge in [-0.3, -0.25) is 0 Å². The molecule has 2 aliphatic heterocycles. The van der Waals surface area contributed by atoms with Gasteiger partial charge < -0.3 is 19.3 Å². The van der Waals surface area contributed by atoms with Crippen LogP contribution < -0.4 is 4.74 Å². The summed E-state index contributed by atoms with van der Waals surface area (Å²) in [6, 6.07) is 3.94. The van der Waals surface area contributed by atoms with Crippen molar-refractivity contribution in [1.82, 2.24) is 0 Å². The number of halogens is 1. The first-order chi connectivity index (χ1) is 9.19. The lowest BCUT2D eigenvalue weighted by Gasteiger charge is -2.16. The second-order valence-corrected chi connectivity index (χ2v) is 6.19. The molecule has 2 heterocycles. The van der Waals surface area contributed by atoms with E-state index < -0.39 is 6.29 Å². The van der Waals surface area contributed by atoms with E-state index >= 15 is 0 Å². The van der Waals surface area contributed by atoms with E-state index in [1.165, 1.54) is 0 Å². The fourth-order valence-electron chi connectivity index (χ4n) is 3.35. The third-order valence-electron chi connectivity index (χ3n) is 4.17. The summed E-state index contributed by atoms with van der Waals surface area (Å²) < 4.78 is 17.9. The largest absolute Gasteiger partial charge is 0.489 e. The first-order valence-corrected chi connectivity index (χ1v) is 7.43. The number of aliphatic hydroxyl groups is 1. The van der Waals surface area contributed by atoms with Crippen molar-refractivity contribution in [2.24, 2.45) is 0 Å². The normalized spacial score (nSPS) is 35.3. The van der Waals surface area contributed by atoms with E-state index in [0.29, 0.717) is 30.3 Å². The maximum atomic E-state index is 10.1. The zero-order valence-corrected chi connectivity index (χ0v) is 12.1. The lowest BCUT2D eigenvalue weighted by Crippen LogP contribution is -2.17. The Morgan fingerprint density at radius 2 is 2.32 bits per heavy atom. The SMILES string of the molecule is CCOC(O)c1cc(Br)cc2c1OC1C[C@H]3O[C@H]3C21. The van der Waals surface area contributed by atoms with Crippen LogP contribution in [-0.2, 0) is 9.47 Å². The number of hydrogen-bond acceptors (Lipinski definition) is 4. The molecule has 1 aromatic rings. The van der Waals surface area contributed by atoms with E-state index in [1.54, 1.807) is 0 Å². The van der Waals surface area contributed by atoms with Gasteiger partial charge in [0.1, 0.15) is 11.9 Å². The van der Waals surface area contributed by atoms with Gasteiger partial charge in [-0.25, -0.2) is 0 Å². The minimum atomic E-state index is -0.939. The average molecular weight is 327 g/mol. The first kappa shape index (κ1) is 12.1. The van der Waals surface area contributed by atoms with E-state index in [4.69, 9.17) is 14.2 Å². The second kappa shape index (κ2) is 4.19. The van der Waals surface area contributed by atoms with Crippen LogP contribution in [0.25, 0.3) is 0 Å².